The minimum atomic E-state index is 0.0378. The zero-order chi connectivity index (χ0) is 11.1. The van der Waals surface area contributed by atoms with Gasteiger partial charge >= 0.3 is 0 Å². The first-order valence-electron chi connectivity index (χ1n) is 5.01. The second-order valence-electron chi connectivity index (χ2n) is 3.92. The van der Waals surface area contributed by atoms with E-state index in [1.54, 1.807) is 0 Å². The molecule has 0 bridgehead atoms. The van der Waals surface area contributed by atoms with Gasteiger partial charge in [-0.3, -0.25) is 5.01 Å². The molecule has 2 fully saturated rings. The Morgan fingerprint density at radius 3 is 2.73 bits per heavy atom. The largest absolute Gasteiger partial charge is 0.359 e. The van der Waals surface area contributed by atoms with Crippen LogP contribution in [-0.2, 0) is 0 Å². The summed E-state index contributed by atoms with van der Waals surface area (Å²) in [6.07, 6.45) is 1.87. The standard InChI is InChI=1S/C11H17N3S/c1-5-8(2)10-9(3)13-11(6-15-7-11)14(10)12-4/h5,12-13H,1,3,6-7H2,2,4H3/b10-8-. The maximum absolute atomic E-state index is 4.07. The molecule has 0 atom stereocenters. The zero-order valence-electron chi connectivity index (χ0n) is 9.26. The van der Waals surface area contributed by atoms with Gasteiger partial charge in [0.2, 0.25) is 0 Å². The van der Waals surface area contributed by atoms with Crippen molar-refractivity contribution in [2.24, 2.45) is 0 Å². The molecule has 0 aromatic heterocycles. The molecule has 82 valence electrons. The molecule has 15 heavy (non-hydrogen) atoms. The van der Waals surface area contributed by atoms with E-state index in [1.165, 1.54) is 0 Å². The average molecular weight is 223 g/mol. The number of hydrazine groups is 1. The van der Waals surface area contributed by atoms with Crippen LogP contribution in [0.15, 0.2) is 36.2 Å². The van der Waals surface area contributed by atoms with Crippen LogP contribution in [0.4, 0.5) is 0 Å². The maximum Gasteiger partial charge on any atom is 0.143 e. The van der Waals surface area contributed by atoms with Gasteiger partial charge in [0, 0.05) is 18.6 Å². The molecule has 0 aliphatic carbocycles. The lowest BCUT2D eigenvalue weighted by molar-refractivity contribution is 0.131. The van der Waals surface area contributed by atoms with Gasteiger partial charge in [0.15, 0.2) is 0 Å². The summed E-state index contributed by atoms with van der Waals surface area (Å²) in [6.45, 7) is 9.95. The van der Waals surface area contributed by atoms with Crippen molar-refractivity contribution in [2.45, 2.75) is 12.6 Å². The van der Waals surface area contributed by atoms with Crippen molar-refractivity contribution >= 4 is 11.8 Å². The predicted molar refractivity (Wildman–Crippen MR) is 66.1 cm³/mol. The minimum absolute atomic E-state index is 0.0378. The van der Waals surface area contributed by atoms with Crippen molar-refractivity contribution in [3.8, 4) is 0 Å². The van der Waals surface area contributed by atoms with Crippen molar-refractivity contribution in [3.63, 3.8) is 0 Å². The van der Waals surface area contributed by atoms with E-state index < -0.39 is 0 Å². The monoisotopic (exact) mass is 223 g/mol. The van der Waals surface area contributed by atoms with Crippen LogP contribution in [0.5, 0.6) is 0 Å². The van der Waals surface area contributed by atoms with Crippen LogP contribution in [0.25, 0.3) is 0 Å². The Balaban J connectivity index is 2.40. The molecular formula is C11H17N3S. The fourth-order valence-electron chi connectivity index (χ4n) is 2.08. The molecule has 0 aromatic carbocycles. The van der Waals surface area contributed by atoms with E-state index in [4.69, 9.17) is 0 Å². The molecule has 3 nitrogen and oxygen atoms in total. The van der Waals surface area contributed by atoms with Gasteiger partial charge in [-0.05, 0) is 12.5 Å². The summed E-state index contributed by atoms with van der Waals surface area (Å²) < 4.78 is 0. The van der Waals surface area contributed by atoms with Crippen LogP contribution >= 0.6 is 11.8 Å². The van der Waals surface area contributed by atoms with Crippen molar-refractivity contribution < 1.29 is 0 Å². The van der Waals surface area contributed by atoms with E-state index in [1.807, 2.05) is 24.9 Å². The molecule has 0 aromatic rings. The predicted octanol–water partition coefficient (Wildman–Crippen LogP) is 1.44. The SMILES string of the molecule is C=C/C(C)=C1/C(=C)NC2(CSC2)N1NC. The number of rotatable bonds is 2. The lowest BCUT2D eigenvalue weighted by atomic mass is 10.2. The molecule has 2 aliphatic heterocycles. The van der Waals surface area contributed by atoms with Gasteiger partial charge in [0.25, 0.3) is 0 Å². The second-order valence-corrected chi connectivity index (χ2v) is 4.91. The topological polar surface area (TPSA) is 27.3 Å². The number of nitrogens with one attached hydrogen (secondary N) is 2. The Morgan fingerprint density at radius 1 is 1.67 bits per heavy atom. The zero-order valence-corrected chi connectivity index (χ0v) is 10.1. The van der Waals surface area contributed by atoms with E-state index in [0.717, 1.165) is 28.5 Å². The van der Waals surface area contributed by atoms with Crippen molar-refractivity contribution in [1.29, 1.82) is 0 Å². The van der Waals surface area contributed by atoms with Crippen LogP contribution in [0.3, 0.4) is 0 Å². The molecule has 2 saturated heterocycles. The molecule has 0 amide bonds. The van der Waals surface area contributed by atoms with E-state index in [-0.39, 0.29) is 5.66 Å². The van der Waals surface area contributed by atoms with Crippen LogP contribution in [-0.4, -0.2) is 29.2 Å². The van der Waals surface area contributed by atoms with E-state index >= 15 is 0 Å². The molecule has 2 N–H and O–H groups in total. The van der Waals surface area contributed by atoms with Crippen LogP contribution < -0.4 is 10.7 Å². The Bertz CT molecular complexity index is 342. The van der Waals surface area contributed by atoms with Crippen molar-refractivity contribution in [1.82, 2.24) is 15.8 Å². The number of hydrogen-bond donors (Lipinski definition) is 2. The molecule has 0 radical (unpaired) electrons. The Kier molecular flexibility index (Phi) is 2.56. The third kappa shape index (κ3) is 1.40. The lowest BCUT2D eigenvalue weighted by Crippen LogP contribution is -2.64. The number of nitrogens with zero attached hydrogens (tertiary/aromatic N) is 1. The summed E-state index contributed by atoms with van der Waals surface area (Å²) in [5.74, 6) is 2.17. The third-order valence-electron chi connectivity index (χ3n) is 2.91. The number of thioether (sulfide) groups is 1. The summed E-state index contributed by atoms with van der Waals surface area (Å²) in [6, 6.07) is 0. The van der Waals surface area contributed by atoms with E-state index in [0.29, 0.717) is 0 Å². The Labute approximate surface area is 95.3 Å². The highest BCUT2D eigenvalue weighted by Crippen LogP contribution is 2.41. The van der Waals surface area contributed by atoms with Gasteiger partial charge in [0.1, 0.15) is 5.66 Å². The lowest BCUT2D eigenvalue weighted by Gasteiger charge is -2.44. The molecule has 0 saturated carbocycles. The van der Waals surface area contributed by atoms with Crippen LogP contribution in [0.2, 0.25) is 0 Å². The van der Waals surface area contributed by atoms with Gasteiger partial charge < -0.3 is 5.32 Å². The van der Waals surface area contributed by atoms with Gasteiger partial charge in [-0.1, -0.05) is 19.2 Å². The van der Waals surface area contributed by atoms with E-state index in [2.05, 4.69) is 35.8 Å². The summed E-state index contributed by atoms with van der Waals surface area (Å²) in [4.78, 5) is 0. The summed E-state index contributed by atoms with van der Waals surface area (Å²) in [5.41, 5.74) is 6.55. The first-order valence-corrected chi connectivity index (χ1v) is 6.16. The molecule has 2 heterocycles. The highest BCUT2D eigenvalue weighted by atomic mass is 32.2. The highest BCUT2D eigenvalue weighted by molar-refractivity contribution is 8.00. The molecule has 4 heteroatoms. The Hall–Kier alpha value is -0.870. The van der Waals surface area contributed by atoms with Gasteiger partial charge in [-0.25, -0.2) is 5.43 Å². The first kappa shape index (κ1) is 10.6. The highest BCUT2D eigenvalue weighted by Gasteiger charge is 2.50. The van der Waals surface area contributed by atoms with Crippen molar-refractivity contribution in [2.75, 3.05) is 18.6 Å². The normalized spacial score (nSPS) is 26.3. The second kappa shape index (κ2) is 3.61. The number of hydrogen-bond acceptors (Lipinski definition) is 4. The minimum Gasteiger partial charge on any atom is -0.359 e. The molecule has 0 unspecified atom stereocenters. The first-order chi connectivity index (χ1) is 7.14. The molecule has 2 rings (SSSR count). The summed E-state index contributed by atoms with van der Waals surface area (Å²) >= 11 is 1.94. The molecule has 2 aliphatic rings. The van der Waals surface area contributed by atoms with Crippen LogP contribution in [0, 0.1) is 0 Å². The van der Waals surface area contributed by atoms with E-state index in [9.17, 15) is 0 Å². The number of allylic oxidation sites excluding steroid dienone is 2. The molecular weight excluding hydrogens is 206 g/mol. The van der Waals surface area contributed by atoms with Crippen molar-refractivity contribution in [3.05, 3.63) is 36.2 Å². The fraction of sp³-hybridized carbons (Fsp3) is 0.455. The maximum atomic E-state index is 4.07. The van der Waals surface area contributed by atoms with Crippen LogP contribution in [0.1, 0.15) is 6.92 Å². The summed E-state index contributed by atoms with van der Waals surface area (Å²) in [7, 11) is 1.95. The Morgan fingerprint density at radius 2 is 2.33 bits per heavy atom. The smallest absolute Gasteiger partial charge is 0.143 e. The summed E-state index contributed by atoms with van der Waals surface area (Å²) in [5, 5.41) is 5.66. The van der Waals surface area contributed by atoms with Gasteiger partial charge in [0.05, 0.1) is 11.4 Å². The third-order valence-corrected chi connectivity index (χ3v) is 4.27. The van der Waals surface area contributed by atoms with Gasteiger partial charge in [-0.2, -0.15) is 11.8 Å². The quantitative estimate of drug-likeness (QED) is 0.741. The average Bonchev–Trinajstić information content (AvgIpc) is 2.49. The van der Waals surface area contributed by atoms with Gasteiger partial charge in [-0.15, -0.1) is 0 Å². The fourth-order valence-corrected chi connectivity index (χ4v) is 3.07. The molecule has 1 spiro atoms.